The summed E-state index contributed by atoms with van der Waals surface area (Å²) in [7, 11) is 1.44. The third kappa shape index (κ3) is 8.23. The second kappa shape index (κ2) is 13.2. The topological polar surface area (TPSA) is 140 Å². The maximum Gasteiger partial charge on any atom is 0.514 e. The predicted molar refractivity (Wildman–Crippen MR) is 123 cm³/mol. The van der Waals surface area contributed by atoms with E-state index < -0.39 is 12.1 Å². The number of aryl methyl sites for hydroxylation is 1. The van der Waals surface area contributed by atoms with Gasteiger partial charge in [-0.15, -0.1) is 0 Å². The third-order valence-electron chi connectivity index (χ3n) is 4.38. The van der Waals surface area contributed by atoms with Crippen LogP contribution in [0.1, 0.15) is 34.3 Å². The van der Waals surface area contributed by atoms with E-state index in [1.807, 2.05) is 6.92 Å². The lowest BCUT2D eigenvalue weighted by Gasteiger charge is -2.14. The maximum absolute atomic E-state index is 12.8. The molecule has 1 N–H and O–H groups in total. The van der Waals surface area contributed by atoms with Gasteiger partial charge in [-0.1, -0.05) is 34.9 Å². The number of hydrogen-bond acceptors (Lipinski definition) is 7. The van der Waals surface area contributed by atoms with E-state index in [1.165, 1.54) is 19.2 Å². The molecular formula is C22H23BrN4O6. The van der Waals surface area contributed by atoms with E-state index in [1.54, 1.807) is 24.3 Å². The molecule has 0 radical (unpaired) electrons. The Hall–Kier alpha value is -3.40. The zero-order valence-electron chi connectivity index (χ0n) is 18.2. The summed E-state index contributed by atoms with van der Waals surface area (Å²) in [4.78, 5) is 39.2. The van der Waals surface area contributed by atoms with Crippen LogP contribution in [0.5, 0.6) is 5.75 Å². The van der Waals surface area contributed by atoms with Crippen LogP contribution in [0.25, 0.3) is 10.4 Å². The van der Waals surface area contributed by atoms with E-state index in [9.17, 15) is 14.4 Å². The summed E-state index contributed by atoms with van der Waals surface area (Å²) < 4.78 is 15.3. The van der Waals surface area contributed by atoms with Gasteiger partial charge in [0.1, 0.15) is 19.0 Å². The first-order chi connectivity index (χ1) is 15.8. The van der Waals surface area contributed by atoms with Gasteiger partial charge >= 0.3 is 6.16 Å². The number of nitrogens with zero attached hydrogens (tertiary/aromatic N) is 3. The van der Waals surface area contributed by atoms with Crippen molar-refractivity contribution in [1.29, 1.82) is 0 Å². The van der Waals surface area contributed by atoms with Crippen molar-refractivity contribution >= 4 is 39.5 Å². The fourth-order valence-electron chi connectivity index (χ4n) is 2.77. The zero-order chi connectivity index (χ0) is 24.2. The molecule has 0 unspecified atom stereocenters. The van der Waals surface area contributed by atoms with Gasteiger partial charge in [-0.25, -0.2) is 4.79 Å². The minimum Gasteiger partial charge on any atom is -0.429 e. The van der Waals surface area contributed by atoms with Gasteiger partial charge in [0.05, 0.1) is 11.3 Å². The fraction of sp³-hybridized carbons (Fsp3) is 0.318. The van der Waals surface area contributed by atoms with Gasteiger partial charge < -0.3 is 19.5 Å². The Balaban J connectivity index is 2.08. The molecule has 0 bridgehead atoms. The quantitative estimate of drug-likeness (QED) is 0.109. The average Bonchev–Trinajstić information content (AvgIpc) is 2.78. The number of ketones is 1. The number of benzene rings is 2. The third-order valence-corrected chi connectivity index (χ3v) is 5.18. The molecule has 0 aliphatic carbocycles. The average molecular weight is 519 g/mol. The molecule has 0 heterocycles. The molecule has 0 atom stereocenters. The molecule has 11 heteroatoms. The number of carbonyl (C=O) groups is 3. The van der Waals surface area contributed by atoms with Crippen molar-refractivity contribution in [2.45, 2.75) is 26.4 Å². The van der Waals surface area contributed by atoms with Crippen LogP contribution in [0.15, 0.2) is 46.0 Å². The molecule has 0 aliphatic rings. The van der Waals surface area contributed by atoms with E-state index in [2.05, 4.69) is 31.3 Å². The van der Waals surface area contributed by atoms with Crippen LogP contribution in [0.4, 0.5) is 10.5 Å². The Morgan fingerprint density at radius 1 is 1.15 bits per heavy atom. The van der Waals surface area contributed by atoms with Gasteiger partial charge in [-0.2, -0.15) is 0 Å². The number of amides is 1. The standard InChI is InChI=1S/C22H23BrN4O6/c1-14-5-8-17(9-6-14)33-22(30)32-12-15-7-10-18(26-27-24)20(23)19(15)21(29)25-11-3-4-16(28)13-31-2/h5-10H,3-4,11-13H2,1-2H3,(H,25,29). The Kier molecular flexibility index (Phi) is 10.4. The lowest BCUT2D eigenvalue weighted by atomic mass is 10.1. The van der Waals surface area contributed by atoms with E-state index in [0.29, 0.717) is 17.7 Å². The highest BCUT2D eigenvalue weighted by Crippen LogP contribution is 2.32. The predicted octanol–water partition coefficient (Wildman–Crippen LogP) is 5.14. The number of halogens is 1. The minimum atomic E-state index is -0.933. The van der Waals surface area contributed by atoms with Crippen LogP contribution >= 0.6 is 15.9 Å². The van der Waals surface area contributed by atoms with E-state index in [4.69, 9.17) is 19.7 Å². The molecular weight excluding hydrogens is 496 g/mol. The first kappa shape index (κ1) is 25.9. The molecule has 33 heavy (non-hydrogen) atoms. The highest BCUT2D eigenvalue weighted by molar-refractivity contribution is 9.10. The molecule has 0 spiro atoms. The SMILES string of the molecule is COCC(=O)CCCNC(=O)c1c(COC(=O)Oc2ccc(C)cc2)ccc(N=[N+]=[N-])c1Br. The smallest absolute Gasteiger partial charge is 0.429 e. The molecule has 2 aromatic carbocycles. The van der Waals surface area contributed by atoms with Crippen LogP contribution in [0.3, 0.4) is 0 Å². The lowest BCUT2D eigenvalue weighted by molar-refractivity contribution is -0.122. The Morgan fingerprint density at radius 3 is 2.55 bits per heavy atom. The second-order valence-electron chi connectivity index (χ2n) is 6.91. The molecule has 10 nitrogen and oxygen atoms in total. The number of rotatable bonds is 11. The van der Waals surface area contributed by atoms with Gasteiger partial charge in [-0.05, 0) is 46.9 Å². The summed E-state index contributed by atoms with van der Waals surface area (Å²) in [5, 5.41) is 6.26. The van der Waals surface area contributed by atoms with Crippen molar-refractivity contribution in [1.82, 2.24) is 5.32 Å². The zero-order valence-corrected chi connectivity index (χ0v) is 19.8. The van der Waals surface area contributed by atoms with Crippen molar-refractivity contribution < 1.29 is 28.6 Å². The van der Waals surface area contributed by atoms with Gasteiger partial charge in [0, 0.05) is 35.0 Å². The summed E-state index contributed by atoms with van der Waals surface area (Å²) in [6.45, 7) is 1.91. The highest BCUT2D eigenvalue weighted by Gasteiger charge is 2.19. The van der Waals surface area contributed by atoms with Gasteiger partial charge in [0.15, 0.2) is 5.78 Å². The second-order valence-corrected chi connectivity index (χ2v) is 7.70. The number of hydrogen-bond donors (Lipinski definition) is 1. The van der Waals surface area contributed by atoms with Crippen LogP contribution in [-0.4, -0.2) is 38.1 Å². The molecule has 0 saturated carbocycles. The molecule has 2 aromatic rings. The molecule has 0 aromatic heterocycles. The fourth-order valence-corrected chi connectivity index (χ4v) is 3.42. The molecule has 0 aliphatic heterocycles. The summed E-state index contributed by atoms with van der Waals surface area (Å²) in [5.74, 6) is -0.229. The number of methoxy groups -OCH3 is 1. The number of carbonyl (C=O) groups excluding carboxylic acids is 3. The lowest BCUT2D eigenvalue weighted by Crippen LogP contribution is -2.27. The Labute approximate surface area is 199 Å². The first-order valence-corrected chi connectivity index (χ1v) is 10.7. The van der Waals surface area contributed by atoms with Gasteiger partial charge in [0.25, 0.3) is 5.91 Å². The van der Waals surface area contributed by atoms with E-state index in [0.717, 1.165) is 5.56 Å². The molecule has 0 fully saturated rings. The van der Waals surface area contributed by atoms with Crippen molar-refractivity contribution in [2.24, 2.45) is 5.11 Å². The van der Waals surface area contributed by atoms with Crippen LogP contribution in [0.2, 0.25) is 0 Å². The van der Waals surface area contributed by atoms with Crippen LogP contribution < -0.4 is 10.1 Å². The molecule has 0 saturated heterocycles. The normalized spacial score (nSPS) is 10.2. The number of Topliss-reactive ketones (excluding diaryl/α,β-unsaturated/α-hetero) is 1. The van der Waals surface area contributed by atoms with Gasteiger partial charge in [-0.3, -0.25) is 9.59 Å². The highest BCUT2D eigenvalue weighted by atomic mass is 79.9. The van der Waals surface area contributed by atoms with Crippen molar-refractivity contribution in [2.75, 3.05) is 20.3 Å². The van der Waals surface area contributed by atoms with Crippen LogP contribution in [-0.2, 0) is 20.9 Å². The largest absolute Gasteiger partial charge is 0.514 e. The summed E-state index contributed by atoms with van der Waals surface area (Å²) in [5.41, 5.74) is 10.5. The van der Waals surface area contributed by atoms with Crippen molar-refractivity contribution in [3.8, 4) is 5.75 Å². The number of ether oxygens (including phenoxy) is 3. The maximum atomic E-state index is 12.8. The minimum absolute atomic E-state index is 0.0217. The first-order valence-electron chi connectivity index (χ1n) is 9.92. The van der Waals surface area contributed by atoms with E-state index >= 15 is 0 Å². The monoisotopic (exact) mass is 518 g/mol. The molecule has 2 rings (SSSR count). The Bertz CT molecular complexity index is 1050. The summed E-state index contributed by atoms with van der Waals surface area (Å²) >= 11 is 3.29. The van der Waals surface area contributed by atoms with Crippen LogP contribution in [0, 0.1) is 6.92 Å². The van der Waals surface area contributed by atoms with E-state index in [-0.39, 0.29) is 47.7 Å². The van der Waals surface area contributed by atoms with Crippen molar-refractivity contribution in [3.05, 3.63) is 68.0 Å². The number of nitrogens with one attached hydrogen (secondary N) is 1. The summed E-state index contributed by atoms with van der Waals surface area (Å²) in [6.07, 6.45) is -0.248. The van der Waals surface area contributed by atoms with Crippen molar-refractivity contribution in [3.63, 3.8) is 0 Å². The Morgan fingerprint density at radius 2 is 1.88 bits per heavy atom. The molecule has 1 amide bonds. The summed E-state index contributed by atoms with van der Waals surface area (Å²) in [6, 6.07) is 9.87. The van der Waals surface area contributed by atoms with Gasteiger partial charge in [0.2, 0.25) is 0 Å². The molecule has 174 valence electrons. The number of azide groups is 1.